The van der Waals surface area contributed by atoms with Gasteiger partial charge in [0.2, 0.25) is 0 Å². The van der Waals surface area contributed by atoms with Crippen molar-refractivity contribution in [2.75, 3.05) is 0 Å². The van der Waals surface area contributed by atoms with Crippen molar-refractivity contribution in [1.82, 2.24) is 0 Å². The van der Waals surface area contributed by atoms with Crippen molar-refractivity contribution in [3.8, 4) is 143 Å². The molecule has 0 aliphatic carbocycles. The van der Waals surface area contributed by atoms with E-state index in [1.54, 1.807) is 0 Å². The number of ketones is 1. The Kier molecular flexibility index (Phi) is 12.5. The average molecular weight is 635 g/mol. The van der Waals surface area contributed by atoms with E-state index in [0.717, 1.165) is 21.5 Å². The van der Waals surface area contributed by atoms with E-state index in [4.69, 9.17) is 25.7 Å². The number of carbonyl (C=O) groups excluding carboxylic acids is 1. The summed E-state index contributed by atoms with van der Waals surface area (Å²) < 4.78 is 0. The van der Waals surface area contributed by atoms with Crippen LogP contribution in [0.4, 0.5) is 0 Å². The van der Waals surface area contributed by atoms with Gasteiger partial charge in [0.15, 0.2) is 5.78 Å². The predicted molar refractivity (Wildman–Crippen MR) is 202 cm³/mol. The third-order valence-corrected chi connectivity index (χ3v) is 9.26. The van der Waals surface area contributed by atoms with Crippen molar-refractivity contribution in [3.05, 3.63) is 83.9 Å². The van der Waals surface area contributed by atoms with E-state index in [-0.39, 0.29) is 5.78 Å². The molecule has 0 aliphatic rings. The van der Waals surface area contributed by atoms with E-state index >= 15 is 4.79 Å². The zero-order valence-electron chi connectivity index (χ0n) is 25.0. The van der Waals surface area contributed by atoms with Crippen molar-refractivity contribution >= 4 is 53.8 Å². The van der Waals surface area contributed by atoms with Gasteiger partial charge in [-0.3, -0.25) is 4.79 Å². The number of carbonyl (C=O) groups is 1. The van der Waals surface area contributed by atoms with E-state index in [0.29, 0.717) is 21.7 Å². The van der Waals surface area contributed by atoms with Crippen LogP contribution in [0, 0.1) is 143 Å². The van der Waals surface area contributed by atoms with Gasteiger partial charge in [0.05, 0.1) is 15.8 Å². The predicted octanol–water partition coefficient (Wildman–Crippen LogP) is 5.83. The monoisotopic (exact) mass is 634 g/mol. The third-order valence-electron chi connectivity index (χ3n) is 6.21. The van der Waals surface area contributed by atoms with Gasteiger partial charge in [0, 0.05) is 21.7 Å². The first-order chi connectivity index (χ1) is 23.6. The SMILES string of the molecule is C#CC#CC#CP(C#CC#CC#C)c1ccc2ccccc2c1C(=O)c1c(P(C#CC#CC#C)C#CC#CC#C)ccc2ccccc12. The molecule has 4 rings (SSSR count). The number of terminal acetylenes is 4. The molecule has 0 spiro atoms. The molecule has 0 heterocycles. The van der Waals surface area contributed by atoms with Crippen molar-refractivity contribution in [2.45, 2.75) is 0 Å². The molecule has 0 radical (unpaired) electrons. The molecule has 3 heteroatoms. The maximum absolute atomic E-state index is 15.2. The summed E-state index contributed by atoms with van der Waals surface area (Å²) >= 11 is 0. The lowest BCUT2D eigenvalue weighted by molar-refractivity contribution is 0.104. The first kappa shape index (κ1) is 33.5. The molecule has 0 aromatic heterocycles. The number of benzene rings is 4. The fourth-order valence-corrected chi connectivity index (χ4v) is 7.00. The Morgan fingerprint density at radius 1 is 0.417 bits per heavy atom. The van der Waals surface area contributed by atoms with Gasteiger partial charge in [-0.1, -0.05) is 72.8 Å². The summed E-state index contributed by atoms with van der Waals surface area (Å²) in [7, 11) is -3.22. The summed E-state index contributed by atoms with van der Waals surface area (Å²) in [5.74, 6) is 40.4. The first-order valence-corrected chi connectivity index (χ1v) is 16.4. The largest absolute Gasteiger partial charge is 0.289 e. The molecule has 0 atom stereocenters. The lowest BCUT2D eigenvalue weighted by Gasteiger charge is -2.18. The Labute approximate surface area is 284 Å². The molecular formula is C45H16OP2. The van der Waals surface area contributed by atoms with Gasteiger partial charge in [0.25, 0.3) is 0 Å². The standard InChI is InChI=1S/C45H16OP2/c1-5-9-13-21-33-47(34-22-14-10-6-2)41-31-29-37-25-17-19-27-39(37)43(41)45(46)44-40-28-20-18-26-38(40)30-32-42(44)48(35-23-15-11-7-3)36-24-16-12-8-4/h1-4,17-20,25-32H. The molecule has 0 aliphatic heterocycles. The van der Waals surface area contributed by atoms with Crippen LogP contribution in [0.15, 0.2) is 72.8 Å². The van der Waals surface area contributed by atoms with Gasteiger partial charge < -0.3 is 0 Å². The van der Waals surface area contributed by atoms with Gasteiger partial charge >= 0.3 is 0 Å². The Bertz CT molecular complexity index is 2400. The van der Waals surface area contributed by atoms with Crippen LogP contribution in [0.1, 0.15) is 15.9 Å². The van der Waals surface area contributed by atoms with Crippen LogP contribution in [0.2, 0.25) is 0 Å². The topological polar surface area (TPSA) is 17.1 Å². The highest BCUT2D eigenvalue weighted by Gasteiger charge is 2.27. The van der Waals surface area contributed by atoms with E-state index in [9.17, 15) is 0 Å². The molecule has 1 nitrogen and oxygen atoms in total. The molecule has 48 heavy (non-hydrogen) atoms. The molecule has 0 saturated carbocycles. The average Bonchev–Trinajstić information content (AvgIpc) is 3.12. The van der Waals surface area contributed by atoms with E-state index < -0.39 is 15.8 Å². The second-order valence-corrected chi connectivity index (χ2v) is 12.1. The minimum absolute atomic E-state index is 0.255. The molecule has 4 aromatic carbocycles. The molecule has 0 unspecified atom stereocenters. The van der Waals surface area contributed by atoms with Gasteiger partial charge in [-0.2, -0.15) is 0 Å². The lowest BCUT2D eigenvalue weighted by atomic mass is 9.93. The highest BCUT2D eigenvalue weighted by atomic mass is 31.1. The Morgan fingerprint density at radius 2 is 0.750 bits per heavy atom. The first-order valence-electron chi connectivity index (χ1n) is 13.7. The smallest absolute Gasteiger partial charge is 0.195 e. The van der Waals surface area contributed by atoms with Gasteiger partial charge in [-0.25, -0.2) is 0 Å². The van der Waals surface area contributed by atoms with Crippen LogP contribution in [0.3, 0.4) is 0 Å². The van der Waals surface area contributed by atoms with E-state index in [2.05, 4.69) is 117 Å². The summed E-state index contributed by atoms with van der Waals surface area (Å²) in [5, 5.41) is 4.41. The van der Waals surface area contributed by atoms with Crippen LogP contribution in [0.5, 0.6) is 0 Å². The summed E-state index contributed by atoms with van der Waals surface area (Å²) in [6.07, 6.45) is 21.2. The van der Waals surface area contributed by atoms with Crippen molar-refractivity contribution in [1.29, 1.82) is 0 Å². The molecule has 0 bridgehead atoms. The molecule has 212 valence electrons. The number of fused-ring (bicyclic) bond motifs is 2. The Balaban J connectivity index is 2.12. The molecule has 0 saturated heterocycles. The van der Waals surface area contributed by atoms with Crippen LogP contribution < -0.4 is 10.6 Å². The summed E-state index contributed by atoms with van der Waals surface area (Å²) in [4.78, 5) is 15.2. The molecule has 0 amide bonds. The maximum Gasteiger partial charge on any atom is 0.195 e. The molecule has 4 aromatic rings. The van der Waals surface area contributed by atoms with Crippen LogP contribution in [-0.4, -0.2) is 5.78 Å². The number of hydrogen-bond acceptors (Lipinski definition) is 1. The number of rotatable bonds is 4. The fraction of sp³-hybridized carbons (Fsp3) is 0. The molecule has 0 N–H and O–H groups in total. The Morgan fingerprint density at radius 3 is 1.08 bits per heavy atom. The second kappa shape index (κ2) is 17.8. The quantitative estimate of drug-likeness (QED) is 0.157. The highest BCUT2D eigenvalue weighted by Crippen LogP contribution is 2.39. The van der Waals surface area contributed by atoms with Crippen LogP contribution in [0.25, 0.3) is 21.5 Å². The highest BCUT2D eigenvalue weighted by molar-refractivity contribution is 7.75. The molecular weight excluding hydrogens is 618 g/mol. The lowest BCUT2D eigenvalue weighted by Crippen LogP contribution is -2.21. The summed E-state index contributed by atoms with van der Waals surface area (Å²) in [6, 6.07) is 22.8. The van der Waals surface area contributed by atoms with Gasteiger partial charge in [0.1, 0.15) is 0 Å². The minimum Gasteiger partial charge on any atom is -0.289 e. The normalized spacial score (nSPS) is 8.29. The summed E-state index contributed by atoms with van der Waals surface area (Å²) in [5.41, 5.74) is 13.3. The van der Waals surface area contributed by atoms with Gasteiger partial charge in [-0.05, 0) is 139 Å². The van der Waals surface area contributed by atoms with Gasteiger partial charge in [-0.15, -0.1) is 25.7 Å². The fourth-order valence-electron chi connectivity index (χ4n) is 4.40. The zero-order valence-corrected chi connectivity index (χ0v) is 26.8. The van der Waals surface area contributed by atoms with E-state index in [1.165, 1.54) is 0 Å². The molecule has 0 fully saturated rings. The van der Waals surface area contributed by atoms with Crippen molar-refractivity contribution in [2.24, 2.45) is 0 Å². The minimum atomic E-state index is -1.61. The van der Waals surface area contributed by atoms with Crippen LogP contribution in [-0.2, 0) is 0 Å². The maximum atomic E-state index is 15.2. The Hall–Kier alpha value is -7.35. The number of hydrogen-bond donors (Lipinski definition) is 0. The van der Waals surface area contributed by atoms with Crippen molar-refractivity contribution < 1.29 is 4.79 Å². The van der Waals surface area contributed by atoms with Crippen LogP contribution >= 0.6 is 15.8 Å². The third kappa shape index (κ3) is 8.42. The second-order valence-electron chi connectivity index (χ2n) is 8.89. The van der Waals surface area contributed by atoms with E-state index in [1.807, 2.05) is 72.8 Å². The van der Waals surface area contributed by atoms with Crippen molar-refractivity contribution in [3.63, 3.8) is 0 Å². The zero-order chi connectivity index (χ0) is 34.0. The summed E-state index contributed by atoms with van der Waals surface area (Å²) in [6.45, 7) is 0.